The molecule has 2 aliphatic rings. The zero-order chi connectivity index (χ0) is 16.7. The molecule has 1 saturated carbocycles. The van der Waals surface area contributed by atoms with Gasteiger partial charge in [-0.1, -0.05) is 26.7 Å². The Kier molecular flexibility index (Phi) is 7.15. The smallest absolute Gasteiger partial charge is 0.315 e. The van der Waals surface area contributed by atoms with Crippen LogP contribution in [-0.4, -0.2) is 42.5 Å². The van der Waals surface area contributed by atoms with Crippen LogP contribution in [0.25, 0.3) is 0 Å². The topological polar surface area (TPSA) is 70.6 Å². The quantitative estimate of drug-likeness (QED) is 0.674. The van der Waals surface area contributed by atoms with Crippen LogP contribution in [0.2, 0.25) is 0 Å². The number of carbonyl (C=O) groups is 1. The Bertz CT molecular complexity index is 367. The highest BCUT2D eigenvalue weighted by Crippen LogP contribution is 2.39. The van der Waals surface area contributed by atoms with Crippen LogP contribution in [0, 0.1) is 11.8 Å². The molecule has 23 heavy (non-hydrogen) atoms. The van der Waals surface area contributed by atoms with E-state index in [4.69, 9.17) is 9.84 Å². The van der Waals surface area contributed by atoms with Crippen molar-refractivity contribution in [3.05, 3.63) is 0 Å². The first kappa shape index (κ1) is 18.5. The van der Waals surface area contributed by atoms with Crippen molar-refractivity contribution in [3.63, 3.8) is 0 Å². The van der Waals surface area contributed by atoms with Gasteiger partial charge in [0.2, 0.25) is 0 Å². The summed E-state index contributed by atoms with van der Waals surface area (Å²) in [7, 11) is 0. The molecular formula is C18H34N2O3. The average Bonchev–Trinajstić information content (AvgIpc) is 2.92. The molecule has 5 nitrogen and oxygen atoms in total. The highest BCUT2D eigenvalue weighted by Gasteiger charge is 2.40. The Labute approximate surface area is 140 Å². The van der Waals surface area contributed by atoms with E-state index in [1.807, 2.05) is 0 Å². The molecule has 0 aromatic heterocycles. The minimum atomic E-state index is -0.0725. The number of urea groups is 1. The third-order valence-corrected chi connectivity index (χ3v) is 5.24. The first-order chi connectivity index (χ1) is 11.0. The lowest BCUT2D eigenvalue weighted by molar-refractivity contribution is -0.0820. The predicted octanol–water partition coefficient (Wildman–Crippen LogP) is 2.82. The van der Waals surface area contributed by atoms with Gasteiger partial charge in [-0.05, 0) is 50.4 Å². The standard InChI is InChI=1S/C18H34N2O3/c1-14(2)11-15(5-9-21)13-19-17(22)20-16-6-10-23-18(12-16)7-3-4-8-18/h14-16,21H,3-13H2,1-2H3,(H2,19,20,22). The fourth-order valence-corrected chi connectivity index (χ4v) is 4.14. The summed E-state index contributed by atoms with van der Waals surface area (Å²) in [6.45, 7) is 5.93. The van der Waals surface area contributed by atoms with Crippen LogP contribution in [0.1, 0.15) is 65.2 Å². The van der Waals surface area contributed by atoms with Crippen molar-refractivity contribution in [1.82, 2.24) is 10.6 Å². The fraction of sp³-hybridized carbons (Fsp3) is 0.944. The molecule has 1 aliphatic heterocycles. The SMILES string of the molecule is CC(C)CC(CCO)CNC(=O)NC1CCOC2(CCCC2)C1. The van der Waals surface area contributed by atoms with Gasteiger partial charge in [0.15, 0.2) is 0 Å². The minimum absolute atomic E-state index is 0.0350. The Balaban J connectivity index is 1.73. The number of nitrogens with one attached hydrogen (secondary N) is 2. The molecule has 1 spiro atoms. The molecule has 3 N–H and O–H groups in total. The van der Waals surface area contributed by atoms with Gasteiger partial charge >= 0.3 is 6.03 Å². The summed E-state index contributed by atoms with van der Waals surface area (Å²) >= 11 is 0. The first-order valence-corrected chi connectivity index (χ1v) is 9.32. The van der Waals surface area contributed by atoms with Crippen molar-refractivity contribution < 1.29 is 14.6 Å². The fourth-order valence-electron chi connectivity index (χ4n) is 4.14. The van der Waals surface area contributed by atoms with Crippen molar-refractivity contribution in [2.75, 3.05) is 19.8 Å². The highest BCUT2D eigenvalue weighted by atomic mass is 16.5. The minimum Gasteiger partial charge on any atom is -0.396 e. The van der Waals surface area contributed by atoms with Crippen molar-refractivity contribution in [2.24, 2.45) is 11.8 Å². The normalized spacial score (nSPS) is 24.8. The first-order valence-electron chi connectivity index (χ1n) is 9.32. The van der Waals surface area contributed by atoms with E-state index in [1.54, 1.807) is 0 Å². The van der Waals surface area contributed by atoms with Gasteiger partial charge in [0.1, 0.15) is 0 Å². The summed E-state index contributed by atoms with van der Waals surface area (Å²) in [4.78, 5) is 12.2. The molecule has 2 atom stereocenters. The lowest BCUT2D eigenvalue weighted by atomic mass is 9.89. The Morgan fingerprint density at radius 2 is 2.09 bits per heavy atom. The number of aliphatic hydroxyl groups excluding tert-OH is 1. The third-order valence-electron chi connectivity index (χ3n) is 5.24. The number of ether oxygens (including phenoxy) is 1. The van der Waals surface area contributed by atoms with Gasteiger partial charge in [-0.15, -0.1) is 0 Å². The summed E-state index contributed by atoms with van der Waals surface area (Å²) in [5.74, 6) is 0.927. The molecule has 0 aromatic rings. The van der Waals surface area contributed by atoms with E-state index in [-0.39, 0.29) is 24.3 Å². The van der Waals surface area contributed by atoms with Gasteiger partial charge in [0, 0.05) is 25.8 Å². The van der Waals surface area contributed by atoms with Crippen molar-refractivity contribution in [1.29, 1.82) is 0 Å². The van der Waals surface area contributed by atoms with Crippen LogP contribution in [0.5, 0.6) is 0 Å². The maximum atomic E-state index is 12.2. The van der Waals surface area contributed by atoms with Crippen molar-refractivity contribution in [3.8, 4) is 0 Å². The van der Waals surface area contributed by atoms with E-state index in [0.29, 0.717) is 18.4 Å². The predicted molar refractivity (Wildman–Crippen MR) is 91.4 cm³/mol. The number of amides is 2. The molecule has 1 heterocycles. The summed E-state index contributed by atoms with van der Waals surface area (Å²) in [6.07, 6.45) is 8.40. The van der Waals surface area contributed by atoms with Crippen LogP contribution in [0.3, 0.4) is 0 Å². The number of carbonyl (C=O) groups excluding carboxylic acids is 1. The molecule has 2 unspecified atom stereocenters. The van der Waals surface area contributed by atoms with Crippen molar-refractivity contribution >= 4 is 6.03 Å². The summed E-state index contributed by atoms with van der Waals surface area (Å²) in [6, 6.07) is 0.153. The summed E-state index contributed by atoms with van der Waals surface area (Å²) in [5.41, 5.74) is 0.0350. The lowest BCUT2D eigenvalue weighted by Crippen LogP contribution is -2.50. The monoisotopic (exact) mass is 326 g/mol. The molecule has 0 aromatic carbocycles. The Morgan fingerprint density at radius 1 is 1.35 bits per heavy atom. The van der Waals surface area contributed by atoms with E-state index in [9.17, 15) is 4.79 Å². The van der Waals surface area contributed by atoms with Crippen LogP contribution in [-0.2, 0) is 4.74 Å². The molecule has 2 rings (SSSR count). The lowest BCUT2D eigenvalue weighted by Gasteiger charge is -2.38. The molecule has 134 valence electrons. The van der Waals surface area contributed by atoms with Crippen LogP contribution in [0.4, 0.5) is 4.79 Å². The molecule has 5 heteroatoms. The summed E-state index contributed by atoms with van der Waals surface area (Å²) < 4.78 is 6.01. The zero-order valence-electron chi connectivity index (χ0n) is 14.8. The van der Waals surface area contributed by atoms with Gasteiger partial charge in [-0.3, -0.25) is 0 Å². The van der Waals surface area contributed by atoms with E-state index < -0.39 is 0 Å². The molecule has 0 bridgehead atoms. The number of rotatable bonds is 7. The van der Waals surface area contributed by atoms with Crippen molar-refractivity contribution in [2.45, 2.75) is 76.9 Å². The van der Waals surface area contributed by atoms with Gasteiger partial charge < -0.3 is 20.5 Å². The molecule has 1 aliphatic carbocycles. The largest absolute Gasteiger partial charge is 0.396 e. The van der Waals surface area contributed by atoms with E-state index >= 15 is 0 Å². The molecular weight excluding hydrogens is 292 g/mol. The van der Waals surface area contributed by atoms with Crippen LogP contribution >= 0.6 is 0 Å². The third kappa shape index (κ3) is 5.96. The second kappa shape index (κ2) is 8.88. The van der Waals surface area contributed by atoms with Gasteiger partial charge in [-0.25, -0.2) is 4.79 Å². The number of aliphatic hydroxyl groups is 1. The maximum Gasteiger partial charge on any atom is 0.315 e. The molecule has 2 fully saturated rings. The molecule has 1 saturated heterocycles. The molecule has 0 radical (unpaired) electrons. The Morgan fingerprint density at radius 3 is 2.74 bits per heavy atom. The zero-order valence-corrected chi connectivity index (χ0v) is 14.8. The Hall–Kier alpha value is -0.810. The van der Waals surface area contributed by atoms with Crippen LogP contribution < -0.4 is 10.6 Å². The van der Waals surface area contributed by atoms with E-state index in [0.717, 1.165) is 45.1 Å². The number of hydrogen-bond acceptors (Lipinski definition) is 3. The van der Waals surface area contributed by atoms with Crippen LogP contribution in [0.15, 0.2) is 0 Å². The van der Waals surface area contributed by atoms with E-state index in [1.165, 1.54) is 12.8 Å². The second-order valence-electron chi connectivity index (χ2n) is 7.79. The summed E-state index contributed by atoms with van der Waals surface area (Å²) in [5, 5.41) is 15.3. The van der Waals surface area contributed by atoms with Gasteiger partial charge in [-0.2, -0.15) is 0 Å². The highest BCUT2D eigenvalue weighted by molar-refractivity contribution is 5.74. The second-order valence-corrected chi connectivity index (χ2v) is 7.79. The van der Waals surface area contributed by atoms with E-state index in [2.05, 4.69) is 24.5 Å². The van der Waals surface area contributed by atoms with Gasteiger partial charge in [0.25, 0.3) is 0 Å². The maximum absolute atomic E-state index is 12.2. The van der Waals surface area contributed by atoms with Gasteiger partial charge in [0.05, 0.1) is 5.60 Å². The number of hydrogen-bond donors (Lipinski definition) is 3. The molecule has 2 amide bonds. The average molecular weight is 326 g/mol.